The highest BCUT2D eigenvalue weighted by molar-refractivity contribution is 5.93. The number of halogens is 2. The fourth-order valence-corrected chi connectivity index (χ4v) is 1.49. The fourth-order valence-electron chi connectivity index (χ4n) is 1.49. The molecule has 0 bridgehead atoms. The molecule has 1 amide bonds. The van der Waals surface area contributed by atoms with Crippen LogP contribution in [-0.2, 0) is 6.54 Å². The van der Waals surface area contributed by atoms with Crippen molar-refractivity contribution >= 4 is 5.91 Å². The second-order valence-electron chi connectivity index (χ2n) is 4.04. The number of aliphatic hydroxyl groups excluding tert-OH is 1. The molecular weight excluding hydrogens is 242 g/mol. The van der Waals surface area contributed by atoms with Crippen molar-refractivity contribution < 1.29 is 18.7 Å². The number of aryl methyl sites for hydroxylation is 1. The van der Waals surface area contributed by atoms with Gasteiger partial charge in [0.2, 0.25) is 5.91 Å². The van der Waals surface area contributed by atoms with Crippen LogP contribution in [0.15, 0.2) is 18.2 Å². The van der Waals surface area contributed by atoms with Crippen LogP contribution >= 0.6 is 0 Å². The number of nitrogens with one attached hydrogen (secondary N) is 1. The molecule has 100 valence electrons. The summed E-state index contributed by atoms with van der Waals surface area (Å²) < 4.78 is 24.1. The van der Waals surface area contributed by atoms with Gasteiger partial charge in [-0.15, -0.1) is 0 Å². The van der Waals surface area contributed by atoms with E-state index >= 15 is 0 Å². The smallest absolute Gasteiger partial charge is 0.265 e. The molecule has 4 nitrogen and oxygen atoms in total. The minimum Gasteiger partial charge on any atom is -0.386 e. The maximum atomic E-state index is 12.0. The summed E-state index contributed by atoms with van der Waals surface area (Å²) in [7, 11) is 0. The minimum atomic E-state index is -2.75. The zero-order valence-corrected chi connectivity index (χ0v) is 9.99. The number of rotatable bonds is 6. The molecule has 0 aliphatic carbocycles. The summed E-state index contributed by atoms with van der Waals surface area (Å²) in [5.41, 5.74) is 7.24. The van der Waals surface area contributed by atoms with Crippen molar-refractivity contribution in [3.05, 3.63) is 34.9 Å². The number of hydrogen-bond acceptors (Lipinski definition) is 3. The van der Waals surface area contributed by atoms with Crippen molar-refractivity contribution in [1.82, 2.24) is 5.32 Å². The maximum Gasteiger partial charge on any atom is 0.265 e. The van der Waals surface area contributed by atoms with Crippen molar-refractivity contribution in [2.24, 2.45) is 5.73 Å². The lowest BCUT2D eigenvalue weighted by Crippen LogP contribution is -2.31. The van der Waals surface area contributed by atoms with Gasteiger partial charge in [-0.1, -0.05) is 6.07 Å². The Morgan fingerprint density at radius 3 is 2.67 bits per heavy atom. The number of amides is 1. The Kier molecular flexibility index (Phi) is 5.18. The molecule has 1 rings (SSSR count). The summed E-state index contributed by atoms with van der Waals surface area (Å²) in [6.45, 7) is 1.95. The van der Waals surface area contributed by atoms with E-state index in [0.29, 0.717) is 12.1 Å². The highest BCUT2D eigenvalue weighted by Crippen LogP contribution is 2.11. The Balaban J connectivity index is 2.56. The third-order valence-electron chi connectivity index (χ3n) is 2.59. The number of primary amides is 1. The van der Waals surface area contributed by atoms with Gasteiger partial charge in [-0.3, -0.25) is 4.79 Å². The first-order valence-electron chi connectivity index (χ1n) is 5.48. The molecule has 1 aromatic carbocycles. The zero-order chi connectivity index (χ0) is 13.7. The van der Waals surface area contributed by atoms with Crippen LogP contribution in [-0.4, -0.2) is 30.1 Å². The topological polar surface area (TPSA) is 75.4 Å². The maximum absolute atomic E-state index is 12.0. The number of aliphatic hydroxyl groups is 1. The van der Waals surface area contributed by atoms with E-state index in [1.165, 1.54) is 0 Å². The van der Waals surface area contributed by atoms with E-state index in [4.69, 9.17) is 10.8 Å². The average molecular weight is 258 g/mol. The summed E-state index contributed by atoms with van der Waals surface area (Å²) in [4.78, 5) is 10.9. The Hall–Kier alpha value is -1.53. The second kappa shape index (κ2) is 6.42. The molecule has 0 aliphatic rings. The van der Waals surface area contributed by atoms with Crippen molar-refractivity contribution in [3.8, 4) is 0 Å². The van der Waals surface area contributed by atoms with Crippen molar-refractivity contribution in [3.63, 3.8) is 0 Å². The highest BCUT2D eigenvalue weighted by Gasteiger charge is 2.15. The third kappa shape index (κ3) is 4.05. The molecule has 1 atom stereocenters. The van der Waals surface area contributed by atoms with Gasteiger partial charge in [-0.05, 0) is 30.2 Å². The fraction of sp³-hybridized carbons (Fsp3) is 0.417. The predicted molar refractivity (Wildman–Crippen MR) is 63.4 cm³/mol. The molecule has 1 unspecified atom stereocenters. The van der Waals surface area contributed by atoms with Gasteiger partial charge in [0.05, 0.1) is 0 Å². The van der Waals surface area contributed by atoms with E-state index in [9.17, 15) is 13.6 Å². The van der Waals surface area contributed by atoms with Crippen LogP contribution in [0.3, 0.4) is 0 Å². The minimum absolute atomic E-state index is 0.186. The molecule has 0 heterocycles. The van der Waals surface area contributed by atoms with Gasteiger partial charge in [0.1, 0.15) is 6.10 Å². The second-order valence-corrected chi connectivity index (χ2v) is 4.04. The van der Waals surface area contributed by atoms with Crippen LogP contribution in [0, 0.1) is 6.92 Å². The molecular formula is C12H16F2N2O2. The summed E-state index contributed by atoms with van der Waals surface area (Å²) >= 11 is 0. The number of carbonyl (C=O) groups is 1. The highest BCUT2D eigenvalue weighted by atomic mass is 19.3. The lowest BCUT2D eigenvalue weighted by molar-refractivity contribution is -0.00341. The molecule has 0 spiro atoms. The van der Waals surface area contributed by atoms with Crippen LogP contribution in [0.5, 0.6) is 0 Å². The molecule has 0 aliphatic heterocycles. The van der Waals surface area contributed by atoms with Crippen LogP contribution in [0.25, 0.3) is 0 Å². The Morgan fingerprint density at radius 1 is 1.50 bits per heavy atom. The molecule has 0 fully saturated rings. The Labute approximate surface area is 104 Å². The van der Waals surface area contributed by atoms with Crippen LogP contribution in [0.1, 0.15) is 21.5 Å². The molecule has 0 aromatic heterocycles. The van der Waals surface area contributed by atoms with E-state index in [0.717, 1.165) is 11.1 Å². The summed E-state index contributed by atoms with van der Waals surface area (Å²) in [6.07, 6.45) is -4.42. The van der Waals surface area contributed by atoms with Gasteiger partial charge in [0, 0.05) is 18.7 Å². The first kappa shape index (κ1) is 14.5. The molecule has 6 heteroatoms. The number of benzene rings is 1. The number of alkyl halides is 2. The monoisotopic (exact) mass is 258 g/mol. The van der Waals surface area contributed by atoms with Crippen molar-refractivity contribution in [1.29, 1.82) is 0 Å². The quantitative estimate of drug-likeness (QED) is 0.706. The summed E-state index contributed by atoms with van der Waals surface area (Å²) in [5.74, 6) is -0.509. The summed E-state index contributed by atoms with van der Waals surface area (Å²) in [6, 6.07) is 4.93. The first-order valence-corrected chi connectivity index (χ1v) is 5.48. The van der Waals surface area contributed by atoms with E-state index < -0.39 is 18.4 Å². The predicted octanol–water partition coefficient (Wildman–Crippen LogP) is 0.810. The zero-order valence-electron chi connectivity index (χ0n) is 9.99. The number of nitrogens with two attached hydrogens (primary N) is 1. The molecule has 0 saturated heterocycles. The molecule has 4 N–H and O–H groups in total. The molecule has 0 radical (unpaired) electrons. The van der Waals surface area contributed by atoms with E-state index in [1.807, 2.05) is 0 Å². The van der Waals surface area contributed by atoms with Crippen LogP contribution in [0.4, 0.5) is 8.78 Å². The first-order chi connectivity index (χ1) is 8.41. The molecule has 0 saturated carbocycles. The number of hydrogen-bond donors (Lipinski definition) is 3. The van der Waals surface area contributed by atoms with Crippen molar-refractivity contribution in [2.75, 3.05) is 6.54 Å². The van der Waals surface area contributed by atoms with E-state index in [2.05, 4.69) is 5.32 Å². The lowest BCUT2D eigenvalue weighted by atomic mass is 10.0. The number of carbonyl (C=O) groups excluding carboxylic acids is 1. The van der Waals surface area contributed by atoms with Gasteiger partial charge in [0.25, 0.3) is 6.43 Å². The average Bonchev–Trinajstić information content (AvgIpc) is 2.30. The van der Waals surface area contributed by atoms with Gasteiger partial charge < -0.3 is 16.2 Å². The summed E-state index contributed by atoms with van der Waals surface area (Å²) in [5, 5.41) is 11.6. The van der Waals surface area contributed by atoms with E-state index in [-0.39, 0.29) is 6.54 Å². The SMILES string of the molecule is Cc1cc(C(N)=O)ccc1CNCC(O)C(F)F. The van der Waals surface area contributed by atoms with E-state index in [1.54, 1.807) is 25.1 Å². The Bertz CT molecular complexity index is 425. The van der Waals surface area contributed by atoms with Gasteiger partial charge in [-0.25, -0.2) is 8.78 Å². The van der Waals surface area contributed by atoms with Gasteiger partial charge >= 0.3 is 0 Å². The van der Waals surface area contributed by atoms with Crippen LogP contribution in [0.2, 0.25) is 0 Å². The normalized spacial score (nSPS) is 12.7. The standard InChI is InChI=1S/C12H16F2N2O2/c1-7-4-8(12(15)18)2-3-9(7)5-16-6-10(17)11(13)14/h2-4,10-11,16-17H,5-6H2,1H3,(H2,15,18). The Morgan fingerprint density at radius 2 is 2.17 bits per heavy atom. The molecule has 1 aromatic rings. The van der Waals surface area contributed by atoms with Crippen LogP contribution < -0.4 is 11.1 Å². The largest absolute Gasteiger partial charge is 0.386 e. The van der Waals surface area contributed by atoms with Crippen molar-refractivity contribution in [2.45, 2.75) is 26.0 Å². The lowest BCUT2D eigenvalue weighted by Gasteiger charge is -2.12. The molecule has 18 heavy (non-hydrogen) atoms. The third-order valence-corrected chi connectivity index (χ3v) is 2.59. The van der Waals surface area contributed by atoms with Gasteiger partial charge in [-0.2, -0.15) is 0 Å². The van der Waals surface area contributed by atoms with Gasteiger partial charge in [0.15, 0.2) is 0 Å².